The molecule has 1 aromatic carbocycles. The summed E-state index contributed by atoms with van der Waals surface area (Å²) in [7, 11) is 0. The van der Waals surface area contributed by atoms with Crippen molar-refractivity contribution in [1.82, 2.24) is 0 Å². The first kappa shape index (κ1) is 6.81. The van der Waals surface area contributed by atoms with E-state index >= 15 is 0 Å². The van der Waals surface area contributed by atoms with E-state index in [4.69, 9.17) is 5.21 Å². The Morgan fingerprint density at radius 3 is 2.40 bits per heavy atom. The topological polar surface area (TPSA) is 32.6 Å². The average molecular weight is 134 g/mol. The maximum absolute atomic E-state index is 8.10. The maximum Gasteiger partial charge on any atom is 0.139 e. The Balaban J connectivity index is 2.89. The summed E-state index contributed by atoms with van der Waals surface area (Å²) in [6, 6.07) is 7.56. The fraction of sp³-hybridized carbons (Fsp3) is 0.125. The van der Waals surface area contributed by atoms with Crippen LogP contribution >= 0.6 is 0 Å². The molecular weight excluding hydrogens is 126 g/mol. The Morgan fingerprint density at radius 1 is 1.30 bits per heavy atom. The van der Waals surface area contributed by atoms with Crippen LogP contribution in [-0.4, -0.2) is 11.4 Å². The highest BCUT2D eigenvalue weighted by Gasteiger charge is 1.86. The number of hydrogen-bond acceptors (Lipinski definition) is 2. The van der Waals surface area contributed by atoms with Crippen LogP contribution in [0.25, 0.3) is 0 Å². The lowest BCUT2D eigenvalue weighted by molar-refractivity contribution is 0.322. The zero-order valence-electron chi connectivity index (χ0n) is 5.70. The molecule has 0 aliphatic heterocycles. The molecule has 2 nitrogen and oxygen atoms in total. The van der Waals surface area contributed by atoms with E-state index in [-0.39, 0.29) is 0 Å². The van der Waals surface area contributed by atoms with Crippen LogP contribution in [0.1, 0.15) is 11.1 Å². The van der Waals surface area contributed by atoms with Gasteiger partial charge in [-0.05, 0) is 6.92 Å². The maximum atomic E-state index is 8.10. The molecule has 0 fully saturated rings. The van der Waals surface area contributed by atoms with Crippen molar-refractivity contribution < 1.29 is 5.21 Å². The Kier molecular flexibility index (Phi) is 2.05. The van der Waals surface area contributed by atoms with E-state index < -0.39 is 0 Å². The van der Waals surface area contributed by atoms with E-state index in [1.54, 1.807) is 0 Å². The van der Waals surface area contributed by atoms with Gasteiger partial charge in [-0.2, -0.15) is 0 Å². The average Bonchev–Trinajstić information content (AvgIpc) is 1.95. The minimum absolute atomic E-state index is 0.785. The Hall–Kier alpha value is -1.31. The molecule has 0 heterocycles. The van der Waals surface area contributed by atoms with Gasteiger partial charge in [-0.1, -0.05) is 35.0 Å². The molecule has 0 atom stereocenters. The van der Waals surface area contributed by atoms with Gasteiger partial charge in [-0.15, -0.1) is 0 Å². The predicted octanol–water partition coefficient (Wildman–Crippen LogP) is 1.68. The second-order valence-corrected chi connectivity index (χ2v) is 2.08. The molecule has 0 saturated heterocycles. The molecule has 10 heavy (non-hydrogen) atoms. The summed E-state index contributed by atoms with van der Waals surface area (Å²) in [5, 5.41) is 10.9. The van der Waals surface area contributed by atoms with E-state index in [0.717, 1.165) is 5.56 Å². The van der Waals surface area contributed by atoms with Crippen molar-refractivity contribution in [2.75, 3.05) is 0 Å². The lowest BCUT2D eigenvalue weighted by atomic mass is 10.2. The smallest absolute Gasteiger partial charge is 0.139 e. The van der Waals surface area contributed by atoms with Gasteiger partial charge in [0.15, 0.2) is 0 Å². The summed E-state index contributed by atoms with van der Waals surface area (Å²) in [5.74, 6) is 0. The Labute approximate surface area is 59.8 Å². The molecule has 1 N–H and O–H groups in total. The van der Waals surface area contributed by atoms with Crippen molar-refractivity contribution in [2.24, 2.45) is 5.16 Å². The molecule has 0 unspecified atom stereocenters. The van der Waals surface area contributed by atoms with Crippen LogP contribution in [0.2, 0.25) is 0 Å². The van der Waals surface area contributed by atoms with E-state index in [2.05, 4.69) is 11.4 Å². The monoisotopic (exact) mass is 134 g/mol. The van der Waals surface area contributed by atoms with Gasteiger partial charge < -0.3 is 5.21 Å². The fourth-order valence-electron chi connectivity index (χ4n) is 0.686. The minimum Gasteiger partial charge on any atom is -0.410 e. The van der Waals surface area contributed by atoms with Gasteiger partial charge in [-0.3, -0.25) is 0 Å². The zero-order valence-corrected chi connectivity index (χ0v) is 5.70. The Morgan fingerprint density at radius 2 is 1.90 bits per heavy atom. The van der Waals surface area contributed by atoms with Crippen LogP contribution in [-0.2, 0) is 0 Å². The van der Waals surface area contributed by atoms with Crippen molar-refractivity contribution in [3.05, 3.63) is 35.4 Å². The van der Waals surface area contributed by atoms with Crippen molar-refractivity contribution in [1.29, 1.82) is 0 Å². The molecule has 2 heteroatoms. The van der Waals surface area contributed by atoms with E-state index in [9.17, 15) is 0 Å². The van der Waals surface area contributed by atoms with Crippen molar-refractivity contribution >= 4 is 6.21 Å². The molecule has 1 radical (unpaired) electrons. The zero-order chi connectivity index (χ0) is 7.40. The number of hydrogen-bond donors (Lipinski definition) is 1. The first-order valence-electron chi connectivity index (χ1n) is 2.99. The molecule has 0 spiro atoms. The highest BCUT2D eigenvalue weighted by atomic mass is 16.4. The van der Waals surface area contributed by atoms with Gasteiger partial charge in [0.1, 0.15) is 6.21 Å². The van der Waals surface area contributed by atoms with Crippen LogP contribution in [0.3, 0.4) is 0 Å². The fourth-order valence-corrected chi connectivity index (χ4v) is 0.686. The molecule has 0 aliphatic rings. The predicted molar refractivity (Wildman–Crippen MR) is 39.5 cm³/mol. The summed E-state index contributed by atoms with van der Waals surface area (Å²) >= 11 is 0. The molecule has 51 valence electrons. The van der Waals surface area contributed by atoms with Crippen LogP contribution in [0.5, 0.6) is 0 Å². The molecule has 1 aromatic rings. The quantitative estimate of drug-likeness (QED) is 0.354. The van der Waals surface area contributed by atoms with Crippen molar-refractivity contribution in [3.8, 4) is 0 Å². The normalized spacial score (nSPS) is 10.5. The van der Waals surface area contributed by atoms with Gasteiger partial charge in [0.05, 0.1) is 0 Å². The standard InChI is InChI=1S/C8H8NO/c1-7-2-4-8(5-3-7)6-9-10/h2-5,10H,1H3. The summed E-state index contributed by atoms with van der Waals surface area (Å²) in [4.78, 5) is 0. The van der Waals surface area contributed by atoms with Gasteiger partial charge in [-0.25, -0.2) is 0 Å². The van der Waals surface area contributed by atoms with E-state index in [0.29, 0.717) is 0 Å². The van der Waals surface area contributed by atoms with E-state index in [1.165, 1.54) is 5.56 Å². The van der Waals surface area contributed by atoms with Crippen LogP contribution in [0.15, 0.2) is 29.4 Å². The first-order chi connectivity index (χ1) is 4.83. The molecule has 0 aliphatic carbocycles. The third kappa shape index (κ3) is 1.58. The summed E-state index contributed by atoms with van der Waals surface area (Å²) in [6.07, 6.45) is 2.42. The Bertz CT molecular complexity index is 226. The molecule has 1 rings (SSSR count). The van der Waals surface area contributed by atoms with Crippen LogP contribution < -0.4 is 0 Å². The lowest BCUT2D eigenvalue weighted by Crippen LogP contribution is -1.79. The SMILES string of the molecule is Cc1ccc(/[C]=N\O)cc1. The molecular formula is C8H8NO. The second kappa shape index (κ2) is 3.01. The number of nitrogens with zero attached hydrogens (tertiary/aromatic N) is 1. The lowest BCUT2D eigenvalue weighted by Gasteiger charge is -1.90. The summed E-state index contributed by atoms with van der Waals surface area (Å²) in [5.41, 5.74) is 1.97. The van der Waals surface area contributed by atoms with Gasteiger partial charge in [0.25, 0.3) is 0 Å². The second-order valence-electron chi connectivity index (χ2n) is 2.08. The van der Waals surface area contributed by atoms with Gasteiger partial charge in [0.2, 0.25) is 0 Å². The van der Waals surface area contributed by atoms with Gasteiger partial charge in [0, 0.05) is 5.56 Å². The minimum atomic E-state index is 0.785. The largest absolute Gasteiger partial charge is 0.410 e. The number of rotatable bonds is 1. The van der Waals surface area contributed by atoms with Gasteiger partial charge >= 0.3 is 0 Å². The third-order valence-corrected chi connectivity index (χ3v) is 1.23. The summed E-state index contributed by atoms with van der Waals surface area (Å²) in [6.45, 7) is 2.00. The molecule has 0 aromatic heterocycles. The van der Waals surface area contributed by atoms with Crippen molar-refractivity contribution in [2.45, 2.75) is 6.92 Å². The highest BCUT2D eigenvalue weighted by Crippen LogP contribution is 1.99. The van der Waals surface area contributed by atoms with E-state index in [1.807, 2.05) is 31.2 Å². The third-order valence-electron chi connectivity index (χ3n) is 1.23. The van der Waals surface area contributed by atoms with Crippen molar-refractivity contribution in [3.63, 3.8) is 0 Å². The number of benzene rings is 1. The molecule has 0 amide bonds. The highest BCUT2D eigenvalue weighted by molar-refractivity contribution is 5.78. The van der Waals surface area contributed by atoms with Crippen LogP contribution in [0.4, 0.5) is 0 Å². The van der Waals surface area contributed by atoms with Crippen LogP contribution in [0, 0.1) is 6.92 Å². The number of aryl methyl sites for hydroxylation is 1. The summed E-state index contributed by atoms with van der Waals surface area (Å²) < 4.78 is 0. The molecule has 0 bridgehead atoms. The first-order valence-corrected chi connectivity index (χ1v) is 2.99. The molecule has 0 saturated carbocycles.